The van der Waals surface area contributed by atoms with Crippen LogP contribution in [-0.4, -0.2) is 48.8 Å². The number of hydrogen-bond acceptors (Lipinski definition) is 6. The first-order valence-corrected chi connectivity index (χ1v) is 10.6. The van der Waals surface area contributed by atoms with Gasteiger partial charge in [-0.15, -0.1) is 11.8 Å². The number of pyridine rings is 1. The average Bonchev–Trinajstić information content (AvgIpc) is 2.71. The Morgan fingerprint density at radius 1 is 1.29 bits per heavy atom. The second-order valence-corrected chi connectivity index (χ2v) is 8.22. The quantitative estimate of drug-likeness (QED) is 0.575. The molecule has 0 saturated carbocycles. The molecule has 0 amide bonds. The lowest BCUT2D eigenvalue weighted by Crippen LogP contribution is -2.15. The zero-order chi connectivity index (χ0) is 19.9. The fourth-order valence-corrected chi connectivity index (χ4v) is 4.06. The molecule has 0 aliphatic heterocycles. The minimum atomic E-state index is -0.577. The number of rotatable bonds is 7. The highest BCUT2D eigenvalue weighted by molar-refractivity contribution is 7.99. The average molecular weight is 395 g/mol. The number of nitriles is 1. The second kappa shape index (κ2) is 9.72. The van der Waals surface area contributed by atoms with Crippen molar-refractivity contribution in [2.75, 3.05) is 31.3 Å². The largest absolute Gasteiger partial charge is 0.390 e. The van der Waals surface area contributed by atoms with Gasteiger partial charge in [0.05, 0.1) is 18.2 Å². The van der Waals surface area contributed by atoms with Crippen molar-refractivity contribution in [2.24, 2.45) is 4.99 Å². The van der Waals surface area contributed by atoms with E-state index in [-0.39, 0.29) is 0 Å². The lowest BCUT2D eigenvalue weighted by molar-refractivity contribution is 0.209. The molecule has 5 nitrogen and oxygen atoms in total. The molecule has 0 unspecified atom stereocenters. The van der Waals surface area contributed by atoms with Crippen LogP contribution < -0.4 is 4.90 Å². The smallest absolute Gasteiger partial charge is 0.114 e. The number of nitrogens with zero attached hydrogens (tertiary/aromatic N) is 4. The summed E-state index contributed by atoms with van der Waals surface area (Å²) in [5.41, 5.74) is 5.08. The maximum absolute atomic E-state index is 10.3. The van der Waals surface area contributed by atoms with E-state index in [2.05, 4.69) is 11.1 Å². The van der Waals surface area contributed by atoms with Gasteiger partial charge in [-0.25, -0.2) is 4.98 Å². The Hall–Kier alpha value is -2.36. The molecule has 1 aromatic heterocycles. The number of benzene rings is 1. The van der Waals surface area contributed by atoms with E-state index < -0.39 is 6.10 Å². The van der Waals surface area contributed by atoms with Crippen molar-refractivity contribution in [1.82, 2.24) is 4.98 Å². The van der Waals surface area contributed by atoms with E-state index in [1.165, 1.54) is 23.7 Å². The summed E-state index contributed by atoms with van der Waals surface area (Å²) >= 11 is 1.44. The Labute approximate surface area is 171 Å². The molecule has 28 heavy (non-hydrogen) atoms. The van der Waals surface area contributed by atoms with Gasteiger partial charge in [0.1, 0.15) is 11.1 Å². The number of aliphatic hydroxyl groups is 1. The fourth-order valence-electron chi connectivity index (χ4n) is 3.17. The number of aryl methyl sites for hydroxylation is 2. The predicted molar refractivity (Wildman–Crippen MR) is 116 cm³/mol. The minimum Gasteiger partial charge on any atom is -0.390 e. The number of anilines is 1. The highest BCUT2D eigenvalue weighted by Gasteiger charge is 2.16. The summed E-state index contributed by atoms with van der Waals surface area (Å²) < 4.78 is 0. The van der Waals surface area contributed by atoms with Gasteiger partial charge in [0.2, 0.25) is 0 Å². The van der Waals surface area contributed by atoms with Crippen molar-refractivity contribution in [2.45, 2.75) is 36.8 Å². The van der Waals surface area contributed by atoms with Gasteiger partial charge in [-0.1, -0.05) is 12.1 Å². The summed E-state index contributed by atoms with van der Waals surface area (Å²) in [6.07, 6.45) is 5.52. The van der Waals surface area contributed by atoms with Gasteiger partial charge in [-0.2, -0.15) is 5.26 Å². The molecule has 146 valence electrons. The first kappa shape index (κ1) is 20.4. The highest BCUT2D eigenvalue weighted by atomic mass is 32.2. The second-order valence-electron chi connectivity index (χ2n) is 7.21. The van der Waals surface area contributed by atoms with Crippen LogP contribution >= 0.6 is 11.8 Å². The van der Waals surface area contributed by atoms with Crippen molar-refractivity contribution in [1.29, 1.82) is 5.26 Å². The molecule has 1 heterocycles. The zero-order valence-electron chi connectivity index (χ0n) is 16.4. The molecule has 0 saturated heterocycles. The fraction of sp³-hybridized carbons (Fsp3) is 0.409. The lowest BCUT2D eigenvalue weighted by atomic mass is 9.95. The van der Waals surface area contributed by atoms with E-state index in [0.717, 1.165) is 41.2 Å². The zero-order valence-corrected chi connectivity index (χ0v) is 17.2. The minimum absolute atomic E-state index is 0.329. The van der Waals surface area contributed by atoms with Crippen molar-refractivity contribution in [3.63, 3.8) is 0 Å². The van der Waals surface area contributed by atoms with Gasteiger partial charge < -0.3 is 10.0 Å². The van der Waals surface area contributed by atoms with Gasteiger partial charge in [0, 0.05) is 37.4 Å². The third kappa shape index (κ3) is 5.34. The Morgan fingerprint density at radius 2 is 2.04 bits per heavy atom. The SMILES string of the molecule is CN(C)c1ccc(C=NC[C@@H](O)CSc2nc3c(cc2C#N)CCCC3)cc1. The van der Waals surface area contributed by atoms with E-state index in [0.29, 0.717) is 17.9 Å². The highest BCUT2D eigenvalue weighted by Crippen LogP contribution is 2.27. The number of aliphatic hydroxyl groups excluding tert-OH is 1. The predicted octanol–water partition coefficient (Wildman–Crippen LogP) is 3.47. The van der Waals surface area contributed by atoms with Crippen molar-refractivity contribution in [3.8, 4) is 6.07 Å². The molecule has 3 rings (SSSR count). The molecule has 0 radical (unpaired) electrons. The molecular weight excluding hydrogens is 368 g/mol. The first-order chi connectivity index (χ1) is 13.6. The molecule has 0 bridgehead atoms. The third-order valence-corrected chi connectivity index (χ3v) is 5.90. The molecule has 1 aliphatic rings. The van der Waals surface area contributed by atoms with Gasteiger partial charge in [-0.3, -0.25) is 4.99 Å². The summed E-state index contributed by atoms with van der Waals surface area (Å²) in [5.74, 6) is 0.470. The standard InChI is InChI=1S/C22H26N4OS/c1-26(2)19-9-7-16(8-10-19)13-24-14-20(27)15-28-22-18(12-23)11-17-5-3-4-6-21(17)25-22/h7-11,13,20,27H,3-6,14-15H2,1-2H3/t20-/m1/s1. The third-order valence-electron chi connectivity index (χ3n) is 4.76. The number of thioether (sulfide) groups is 1. The molecule has 1 aliphatic carbocycles. The first-order valence-electron chi connectivity index (χ1n) is 9.58. The van der Waals surface area contributed by atoms with Gasteiger partial charge in [0.15, 0.2) is 0 Å². The van der Waals surface area contributed by atoms with Gasteiger partial charge in [0.25, 0.3) is 0 Å². The topological polar surface area (TPSA) is 72.5 Å². The van der Waals surface area contributed by atoms with E-state index in [4.69, 9.17) is 4.98 Å². The Morgan fingerprint density at radius 3 is 2.75 bits per heavy atom. The Bertz CT molecular complexity index is 871. The lowest BCUT2D eigenvalue weighted by Gasteiger charge is -2.17. The molecular formula is C22H26N4OS. The molecule has 2 aromatic rings. The number of hydrogen-bond donors (Lipinski definition) is 1. The van der Waals surface area contributed by atoms with Crippen molar-refractivity contribution in [3.05, 3.63) is 52.7 Å². The van der Waals surface area contributed by atoms with Crippen LogP contribution in [-0.2, 0) is 12.8 Å². The van der Waals surface area contributed by atoms with E-state index in [1.54, 1.807) is 6.21 Å². The molecule has 0 spiro atoms. The van der Waals surface area contributed by atoms with E-state index in [1.807, 2.05) is 49.3 Å². The van der Waals surface area contributed by atoms with Crippen LogP contribution in [0.5, 0.6) is 0 Å². The maximum atomic E-state index is 10.3. The van der Waals surface area contributed by atoms with Gasteiger partial charge >= 0.3 is 0 Å². The summed E-state index contributed by atoms with van der Waals surface area (Å²) in [4.78, 5) is 11.1. The van der Waals surface area contributed by atoms with Crippen LogP contribution in [0.3, 0.4) is 0 Å². The van der Waals surface area contributed by atoms with Crippen LogP contribution in [0, 0.1) is 11.3 Å². The summed E-state index contributed by atoms with van der Waals surface area (Å²) in [7, 11) is 4.01. The van der Waals surface area contributed by atoms with Crippen molar-refractivity contribution >= 4 is 23.7 Å². The van der Waals surface area contributed by atoms with Crippen LogP contribution in [0.15, 0.2) is 40.4 Å². The van der Waals surface area contributed by atoms with Crippen LogP contribution in [0.4, 0.5) is 5.69 Å². The molecule has 1 atom stereocenters. The summed E-state index contributed by atoms with van der Waals surface area (Å²) in [6, 6.07) is 12.3. The van der Waals surface area contributed by atoms with E-state index >= 15 is 0 Å². The number of fused-ring (bicyclic) bond motifs is 1. The van der Waals surface area contributed by atoms with Crippen LogP contribution in [0.25, 0.3) is 0 Å². The van der Waals surface area contributed by atoms with Gasteiger partial charge in [-0.05, 0) is 55.0 Å². The maximum Gasteiger partial charge on any atom is 0.114 e. The normalized spacial score (nSPS) is 14.5. The molecule has 6 heteroatoms. The summed E-state index contributed by atoms with van der Waals surface area (Å²) in [5, 5.41) is 20.4. The summed E-state index contributed by atoms with van der Waals surface area (Å²) in [6.45, 7) is 0.329. The Balaban J connectivity index is 1.54. The van der Waals surface area contributed by atoms with Crippen LogP contribution in [0.1, 0.15) is 35.2 Å². The molecule has 0 fully saturated rings. The Kier molecular flexibility index (Phi) is 7.07. The van der Waals surface area contributed by atoms with E-state index in [9.17, 15) is 10.4 Å². The van der Waals surface area contributed by atoms with Crippen molar-refractivity contribution < 1.29 is 5.11 Å². The molecule has 1 N–H and O–H groups in total. The number of aromatic nitrogens is 1. The van der Waals surface area contributed by atoms with Crippen LogP contribution in [0.2, 0.25) is 0 Å². The number of aliphatic imine (C=N–C) groups is 1. The molecule has 1 aromatic carbocycles. The monoisotopic (exact) mass is 394 g/mol.